The van der Waals surface area contributed by atoms with E-state index in [1.54, 1.807) is 0 Å². The van der Waals surface area contributed by atoms with E-state index in [0.717, 1.165) is 6.07 Å². The van der Waals surface area contributed by atoms with Crippen LogP contribution in [0.1, 0.15) is 37.0 Å². The van der Waals surface area contributed by atoms with Gasteiger partial charge in [0.1, 0.15) is 18.0 Å². The number of nitrogens with zero attached hydrogens (tertiary/aromatic N) is 1. The summed E-state index contributed by atoms with van der Waals surface area (Å²) in [5.74, 6) is -4.29. The molecular weight excluding hydrogens is 425 g/mol. The van der Waals surface area contributed by atoms with Crippen molar-refractivity contribution in [3.05, 3.63) is 23.3 Å². The minimum Gasteiger partial charge on any atom is -0.488 e. The Balaban J connectivity index is 2.03. The van der Waals surface area contributed by atoms with Crippen LogP contribution in [-0.2, 0) is 21.1 Å². The van der Waals surface area contributed by atoms with Gasteiger partial charge in [-0.15, -0.1) is 0 Å². The number of alkyl halides is 5. The van der Waals surface area contributed by atoms with E-state index in [-0.39, 0.29) is 18.2 Å². The number of aliphatic hydroxyl groups excluding tert-OH is 1. The van der Waals surface area contributed by atoms with Gasteiger partial charge in [0.25, 0.3) is 15.8 Å². The quantitative estimate of drug-likeness (QED) is 0.727. The second-order valence-electron chi connectivity index (χ2n) is 7.09. The average Bonchev–Trinajstić information content (AvgIpc) is 2.85. The number of benzene rings is 1. The molecule has 2 unspecified atom stereocenters. The van der Waals surface area contributed by atoms with Gasteiger partial charge < -0.3 is 14.7 Å². The summed E-state index contributed by atoms with van der Waals surface area (Å²) in [6, 6.07) is 1.41. The largest absolute Gasteiger partial charge is 0.501 e. The number of ether oxygens (including phenoxy) is 1. The molecule has 1 heterocycles. The number of amides is 1. The lowest BCUT2D eigenvalue weighted by atomic mass is 10.1. The molecule has 0 bridgehead atoms. The fourth-order valence-corrected chi connectivity index (χ4v) is 4.64. The van der Waals surface area contributed by atoms with Crippen molar-refractivity contribution in [2.45, 2.75) is 54.7 Å². The van der Waals surface area contributed by atoms with Gasteiger partial charge in [0, 0.05) is 31.0 Å². The third kappa shape index (κ3) is 3.79. The maximum atomic E-state index is 14.1. The number of carbonyl (C=O) groups is 1. The lowest BCUT2D eigenvalue weighted by molar-refractivity contribution is -0.131. The molecule has 1 saturated heterocycles. The molecule has 2 aliphatic rings. The highest BCUT2D eigenvalue weighted by molar-refractivity contribution is 7.92. The van der Waals surface area contributed by atoms with Crippen molar-refractivity contribution in [1.82, 2.24) is 4.90 Å². The first kappa shape index (κ1) is 21.8. The number of hydrogen-bond acceptors (Lipinski definition) is 5. The summed E-state index contributed by atoms with van der Waals surface area (Å²) < 4.78 is 96.4. The standard InChI is InChI=1S/C17H18F5NO5S/c1-9(24)23-6-2-3-10(8-23)28-12-4-5-13(29(26,27)17(20,21)22)14-11(12)7-16(18,19)15(14)25/h4-5,10,15,25H,2-3,6-8H2,1H3. The van der Waals surface area contributed by atoms with Crippen LogP contribution in [0, 0.1) is 0 Å². The summed E-state index contributed by atoms with van der Waals surface area (Å²) in [6.45, 7) is 2.01. The molecule has 1 aromatic rings. The maximum absolute atomic E-state index is 14.1. The molecule has 1 N–H and O–H groups in total. The molecule has 162 valence electrons. The van der Waals surface area contributed by atoms with Crippen LogP contribution in [0.3, 0.4) is 0 Å². The molecule has 1 amide bonds. The van der Waals surface area contributed by atoms with E-state index in [4.69, 9.17) is 4.74 Å². The fourth-order valence-electron chi connectivity index (χ4n) is 3.62. The predicted octanol–water partition coefficient (Wildman–Crippen LogP) is 2.59. The van der Waals surface area contributed by atoms with Crippen LogP contribution in [-0.4, -0.2) is 55.0 Å². The molecular formula is C17H18F5NO5S. The summed E-state index contributed by atoms with van der Waals surface area (Å²) in [6.07, 6.45) is -3.43. The minimum absolute atomic E-state index is 0.158. The van der Waals surface area contributed by atoms with Gasteiger partial charge >= 0.3 is 5.51 Å². The average molecular weight is 443 g/mol. The molecule has 0 spiro atoms. The van der Waals surface area contributed by atoms with Crippen LogP contribution >= 0.6 is 0 Å². The minimum atomic E-state index is -5.96. The summed E-state index contributed by atoms with van der Waals surface area (Å²) in [5.41, 5.74) is -7.19. The molecule has 0 radical (unpaired) electrons. The molecule has 2 atom stereocenters. The summed E-state index contributed by atoms with van der Waals surface area (Å²) in [4.78, 5) is 11.6. The third-order valence-corrected chi connectivity index (χ3v) is 6.62. The lowest BCUT2D eigenvalue weighted by Gasteiger charge is -2.32. The van der Waals surface area contributed by atoms with Crippen LogP contribution in [0.15, 0.2) is 17.0 Å². The molecule has 3 rings (SSSR count). The van der Waals surface area contributed by atoms with Crippen LogP contribution in [0.25, 0.3) is 0 Å². The number of halogens is 5. The van der Waals surface area contributed by atoms with E-state index in [1.807, 2.05) is 0 Å². The number of likely N-dealkylation sites (tertiary alicyclic amines) is 1. The monoisotopic (exact) mass is 443 g/mol. The van der Waals surface area contributed by atoms with Crippen molar-refractivity contribution >= 4 is 15.7 Å². The number of piperidine rings is 1. The summed E-state index contributed by atoms with van der Waals surface area (Å²) in [5, 5.41) is 9.87. The number of sulfone groups is 1. The highest BCUT2D eigenvalue weighted by Crippen LogP contribution is 2.50. The van der Waals surface area contributed by atoms with Crippen molar-refractivity contribution in [2.24, 2.45) is 0 Å². The van der Waals surface area contributed by atoms with Crippen LogP contribution in [0.4, 0.5) is 22.0 Å². The van der Waals surface area contributed by atoms with Crippen molar-refractivity contribution in [3.63, 3.8) is 0 Å². The maximum Gasteiger partial charge on any atom is 0.501 e. The Hall–Kier alpha value is -1.95. The van der Waals surface area contributed by atoms with Crippen molar-refractivity contribution in [2.75, 3.05) is 13.1 Å². The molecule has 1 aliphatic carbocycles. The van der Waals surface area contributed by atoms with Gasteiger partial charge in [-0.2, -0.15) is 13.2 Å². The first-order valence-electron chi connectivity index (χ1n) is 8.71. The fraction of sp³-hybridized carbons (Fsp3) is 0.588. The highest BCUT2D eigenvalue weighted by atomic mass is 32.2. The third-order valence-electron chi connectivity index (χ3n) is 5.07. The van der Waals surface area contributed by atoms with Crippen LogP contribution < -0.4 is 4.74 Å². The number of carbonyl (C=O) groups excluding carboxylic acids is 1. The Bertz CT molecular complexity index is 931. The second kappa shape index (κ2) is 7.08. The van der Waals surface area contributed by atoms with Crippen LogP contribution in [0.2, 0.25) is 0 Å². The Kier molecular flexibility index (Phi) is 5.31. The summed E-state index contributed by atoms with van der Waals surface area (Å²) in [7, 11) is -5.96. The SMILES string of the molecule is CC(=O)N1CCCC(Oc2ccc(S(=O)(=O)C(F)(F)F)c3c2CC(F)(F)C3O)C1. The Morgan fingerprint density at radius 2 is 1.97 bits per heavy atom. The Labute approximate surface area is 163 Å². The first-order valence-corrected chi connectivity index (χ1v) is 10.2. The second-order valence-corrected chi connectivity index (χ2v) is 9.00. The van der Waals surface area contributed by atoms with E-state index in [2.05, 4.69) is 0 Å². The molecule has 6 nitrogen and oxygen atoms in total. The molecule has 0 aromatic heterocycles. The van der Waals surface area contributed by atoms with Gasteiger partial charge in [-0.05, 0) is 25.0 Å². The molecule has 12 heteroatoms. The van der Waals surface area contributed by atoms with Crippen molar-refractivity contribution in [1.29, 1.82) is 0 Å². The van der Waals surface area contributed by atoms with Gasteiger partial charge in [-0.3, -0.25) is 4.79 Å². The van der Waals surface area contributed by atoms with Crippen LogP contribution in [0.5, 0.6) is 5.75 Å². The number of hydrogen-bond donors (Lipinski definition) is 1. The van der Waals surface area contributed by atoms with Crippen molar-refractivity contribution in [3.8, 4) is 5.75 Å². The molecule has 1 aliphatic heterocycles. The Morgan fingerprint density at radius 3 is 2.55 bits per heavy atom. The van der Waals surface area contributed by atoms with Gasteiger partial charge in [-0.1, -0.05) is 0 Å². The van der Waals surface area contributed by atoms with E-state index in [1.165, 1.54) is 11.8 Å². The van der Waals surface area contributed by atoms with Gasteiger partial charge in [0.2, 0.25) is 5.91 Å². The predicted molar refractivity (Wildman–Crippen MR) is 89.2 cm³/mol. The van der Waals surface area contributed by atoms with E-state index in [0.29, 0.717) is 25.5 Å². The number of fused-ring (bicyclic) bond motifs is 1. The molecule has 29 heavy (non-hydrogen) atoms. The zero-order valence-corrected chi connectivity index (χ0v) is 16.0. The Morgan fingerprint density at radius 1 is 1.31 bits per heavy atom. The topological polar surface area (TPSA) is 83.9 Å². The zero-order chi connectivity index (χ0) is 21.8. The summed E-state index contributed by atoms with van der Waals surface area (Å²) >= 11 is 0. The van der Waals surface area contributed by atoms with E-state index in [9.17, 15) is 40.3 Å². The highest BCUT2D eigenvalue weighted by Gasteiger charge is 2.55. The molecule has 1 aromatic carbocycles. The lowest BCUT2D eigenvalue weighted by Crippen LogP contribution is -2.43. The van der Waals surface area contributed by atoms with Gasteiger partial charge in [-0.25, -0.2) is 17.2 Å². The first-order chi connectivity index (χ1) is 13.3. The molecule has 1 fully saturated rings. The van der Waals surface area contributed by atoms with Crippen molar-refractivity contribution < 1.29 is 45.0 Å². The molecule has 0 saturated carbocycles. The van der Waals surface area contributed by atoms with E-state index < -0.39 is 55.9 Å². The smallest absolute Gasteiger partial charge is 0.488 e. The van der Waals surface area contributed by atoms with Gasteiger partial charge in [0.15, 0.2) is 0 Å². The van der Waals surface area contributed by atoms with Gasteiger partial charge in [0.05, 0.1) is 11.4 Å². The van der Waals surface area contributed by atoms with E-state index >= 15 is 0 Å². The zero-order valence-electron chi connectivity index (χ0n) is 15.2. The number of aliphatic hydroxyl groups is 1. The number of rotatable bonds is 3. The normalized spacial score (nSPS) is 24.3.